The zero-order valence-electron chi connectivity index (χ0n) is 11.6. The third-order valence-electron chi connectivity index (χ3n) is 2.70. The van der Waals surface area contributed by atoms with Gasteiger partial charge in [0, 0.05) is 42.6 Å². The standard InChI is InChI=1S/C16H18S5/c17-13-5-1-3-7-15(13)20-11-9-19-10-12-21-16-8-4-2-6-14(16)18/h1-8,17-18H,9-12H2. The van der Waals surface area contributed by atoms with Crippen LogP contribution in [0.15, 0.2) is 68.1 Å². The van der Waals surface area contributed by atoms with Gasteiger partial charge in [0.2, 0.25) is 0 Å². The molecule has 0 spiro atoms. The summed E-state index contributed by atoms with van der Waals surface area (Å²) < 4.78 is 0. The Kier molecular flexibility index (Phi) is 8.40. The van der Waals surface area contributed by atoms with Gasteiger partial charge in [0.1, 0.15) is 0 Å². The molecule has 0 aromatic heterocycles. The molecule has 2 aromatic carbocycles. The van der Waals surface area contributed by atoms with Crippen molar-refractivity contribution in [2.75, 3.05) is 23.0 Å². The van der Waals surface area contributed by atoms with Crippen LogP contribution in [0.3, 0.4) is 0 Å². The average molecular weight is 371 g/mol. The number of hydrogen-bond acceptors (Lipinski definition) is 5. The van der Waals surface area contributed by atoms with Crippen molar-refractivity contribution in [3.05, 3.63) is 48.5 Å². The van der Waals surface area contributed by atoms with Gasteiger partial charge in [0.15, 0.2) is 0 Å². The third-order valence-corrected chi connectivity index (χ3v) is 7.44. The van der Waals surface area contributed by atoms with E-state index >= 15 is 0 Å². The summed E-state index contributed by atoms with van der Waals surface area (Å²) in [6.07, 6.45) is 0. The zero-order valence-corrected chi connectivity index (χ0v) is 15.8. The van der Waals surface area contributed by atoms with Gasteiger partial charge in [-0.25, -0.2) is 0 Å². The van der Waals surface area contributed by atoms with Crippen LogP contribution >= 0.6 is 60.5 Å². The van der Waals surface area contributed by atoms with Gasteiger partial charge in [-0.2, -0.15) is 11.8 Å². The maximum Gasteiger partial charge on any atom is 0.0206 e. The Morgan fingerprint density at radius 3 is 1.48 bits per heavy atom. The normalized spacial score (nSPS) is 10.8. The minimum atomic E-state index is 1.08. The topological polar surface area (TPSA) is 0 Å². The Hall–Kier alpha value is 0.190. The van der Waals surface area contributed by atoms with Gasteiger partial charge in [-0.05, 0) is 24.3 Å². The van der Waals surface area contributed by atoms with E-state index < -0.39 is 0 Å². The molecule has 0 amide bonds. The van der Waals surface area contributed by atoms with Crippen molar-refractivity contribution in [1.29, 1.82) is 0 Å². The molecule has 5 heteroatoms. The van der Waals surface area contributed by atoms with Crippen LogP contribution in [0, 0.1) is 0 Å². The Morgan fingerprint density at radius 2 is 1.05 bits per heavy atom. The summed E-state index contributed by atoms with van der Waals surface area (Å²) >= 11 is 14.7. The molecule has 0 aliphatic carbocycles. The molecule has 112 valence electrons. The highest BCUT2D eigenvalue weighted by Gasteiger charge is 2.00. The van der Waals surface area contributed by atoms with Gasteiger partial charge in [-0.3, -0.25) is 0 Å². The summed E-state index contributed by atoms with van der Waals surface area (Å²) in [6.45, 7) is 0. The van der Waals surface area contributed by atoms with Crippen LogP contribution in [0.1, 0.15) is 0 Å². The van der Waals surface area contributed by atoms with E-state index in [-0.39, 0.29) is 0 Å². The fraction of sp³-hybridized carbons (Fsp3) is 0.250. The molecule has 21 heavy (non-hydrogen) atoms. The molecule has 2 rings (SSSR count). The van der Waals surface area contributed by atoms with Crippen molar-refractivity contribution < 1.29 is 0 Å². The van der Waals surface area contributed by atoms with Gasteiger partial charge in [-0.15, -0.1) is 48.8 Å². The van der Waals surface area contributed by atoms with E-state index in [9.17, 15) is 0 Å². The van der Waals surface area contributed by atoms with Crippen LogP contribution in [0.5, 0.6) is 0 Å². The predicted molar refractivity (Wildman–Crippen MR) is 106 cm³/mol. The van der Waals surface area contributed by atoms with Crippen molar-refractivity contribution in [2.45, 2.75) is 19.6 Å². The molecule has 0 N–H and O–H groups in total. The lowest BCUT2D eigenvalue weighted by Crippen LogP contribution is -1.90. The molecule has 0 aliphatic heterocycles. The number of rotatable bonds is 8. The maximum atomic E-state index is 4.47. The van der Waals surface area contributed by atoms with Crippen molar-refractivity contribution in [3.63, 3.8) is 0 Å². The van der Waals surface area contributed by atoms with E-state index in [0.717, 1.165) is 21.3 Å². The summed E-state index contributed by atoms with van der Waals surface area (Å²) in [5.41, 5.74) is 0. The first kappa shape index (κ1) is 17.5. The fourth-order valence-corrected chi connectivity index (χ4v) is 5.42. The molecule has 0 heterocycles. The molecular weight excluding hydrogens is 353 g/mol. The Morgan fingerprint density at radius 1 is 0.619 bits per heavy atom. The molecule has 0 unspecified atom stereocenters. The highest BCUT2D eigenvalue weighted by molar-refractivity contribution is 8.04. The van der Waals surface area contributed by atoms with Gasteiger partial charge in [0.25, 0.3) is 0 Å². The van der Waals surface area contributed by atoms with E-state index in [1.54, 1.807) is 0 Å². The van der Waals surface area contributed by atoms with Crippen molar-refractivity contribution in [3.8, 4) is 0 Å². The second kappa shape index (κ2) is 10.1. The highest BCUT2D eigenvalue weighted by Crippen LogP contribution is 2.27. The van der Waals surface area contributed by atoms with Crippen molar-refractivity contribution in [2.24, 2.45) is 0 Å². The van der Waals surface area contributed by atoms with Crippen LogP contribution in [-0.4, -0.2) is 23.0 Å². The van der Waals surface area contributed by atoms with E-state index in [4.69, 9.17) is 0 Å². The molecule has 0 aliphatic rings. The molecule has 0 bridgehead atoms. The minimum absolute atomic E-state index is 1.08. The lowest BCUT2D eigenvalue weighted by atomic mass is 10.4. The largest absolute Gasteiger partial charge is 0.160 e. The van der Waals surface area contributed by atoms with Crippen LogP contribution in [0.25, 0.3) is 0 Å². The predicted octanol–water partition coefficient (Wildman–Crippen LogP) is 5.88. The second-order valence-electron chi connectivity index (χ2n) is 4.24. The maximum absolute atomic E-state index is 4.47. The fourth-order valence-electron chi connectivity index (χ4n) is 1.68. The Bertz CT molecular complexity index is 506. The Balaban J connectivity index is 1.57. The lowest BCUT2D eigenvalue weighted by Gasteiger charge is -2.05. The summed E-state index contributed by atoms with van der Waals surface area (Å²) in [4.78, 5) is 4.71. The van der Waals surface area contributed by atoms with Gasteiger partial charge >= 0.3 is 0 Å². The molecule has 0 saturated heterocycles. The summed E-state index contributed by atoms with van der Waals surface area (Å²) in [5, 5.41) is 0. The van der Waals surface area contributed by atoms with Gasteiger partial charge in [-0.1, -0.05) is 24.3 Å². The summed E-state index contributed by atoms with van der Waals surface area (Å²) in [7, 11) is 0. The van der Waals surface area contributed by atoms with Crippen LogP contribution in [-0.2, 0) is 0 Å². The molecule has 2 aromatic rings. The minimum Gasteiger partial charge on any atom is -0.160 e. The number of hydrogen-bond donors (Lipinski definition) is 2. The highest BCUT2D eigenvalue weighted by atomic mass is 32.2. The SMILES string of the molecule is Sc1ccccc1SCCSCCSc1ccccc1S. The molecule has 0 atom stereocenters. The molecule has 0 saturated carbocycles. The van der Waals surface area contributed by atoms with Gasteiger partial charge in [0.05, 0.1) is 0 Å². The van der Waals surface area contributed by atoms with E-state index in [0.29, 0.717) is 0 Å². The third kappa shape index (κ3) is 6.45. The molecule has 0 radical (unpaired) electrons. The first-order chi connectivity index (χ1) is 10.3. The van der Waals surface area contributed by atoms with E-state index in [2.05, 4.69) is 49.5 Å². The summed E-state index contributed by atoms with van der Waals surface area (Å²) in [6, 6.07) is 16.6. The zero-order chi connectivity index (χ0) is 14.9. The smallest absolute Gasteiger partial charge is 0.0206 e. The van der Waals surface area contributed by atoms with Crippen molar-refractivity contribution >= 4 is 60.5 Å². The molecule has 0 fully saturated rings. The quantitative estimate of drug-likeness (QED) is 0.338. The second-order valence-corrected chi connectivity index (χ2v) is 8.71. The van der Waals surface area contributed by atoms with E-state index in [1.807, 2.05) is 59.6 Å². The van der Waals surface area contributed by atoms with E-state index in [1.165, 1.54) is 21.3 Å². The lowest BCUT2D eigenvalue weighted by molar-refractivity contribution is 1.25. The summed E-state index contributed by atoms with van der Waals surface area (Å²) in [5.74, 6) is 4.62. The van der Waals surface area contributed by atoms with Crippen LogP contribution in [0.4, 0.5) is 0 Å². The Labute approximate surface area is 151 Å². The first-order valence-electron chi connectivity index (χ1n) is 6.66. The number of thioether (sulfide) groups is 3. The molecule has 0 nitrogen and oxygen atoms in total. The van der Waals surface area contributed by atoms with Crippen molar-refractivity contribution in [1.82, 2.24) is 0 Å². The van der Waals surface area contributed by atoms with Crippen LogP contribution < -0.4 is 0 Å². The number of benzene rings is 2. The number of thiol groups is 2. The van der Waals surface area contributed by atoms with Gasteiger partial charge < -0.3 is 0 Å². The monoisotopic (exact) mass is 370 g/mol. The molecular formula is C16H18S5. The van der Waals surface area contributed by atoms with Crippen LogP contribution in [0.2, 0.25) is 0 Å². The first-order valence-corrected chi connectivity index (χ1v) is 10.7. The average Bonchev–Trinajstić information content (AvgIpc) is 2.50.